The summed E-state index contributed by atoms with van der Waals surface area (Å²) in [6.07, 6.45) is -5.32. The third kappa shape index (κ3) is 7.58. The Hall–Kier alpha value is -3.04. The Morgan fingerprint density at radius 2 is 1.75 bits per heavy atom. The van der Waals surface area contributed by atoms with Crippen LogP contribution in [-0.2, 0) is 27.3 Å². The molecule has 0 bridgehead atoms. The van der Waals surface area contributed by atoms with Crippen molar-refractivity contribution in [2.75, 3.05) is 5.32 Å². The highest BCUT2D eigenvalue weighted by atomic mass is 19.4. The molecule has 10 heteroatoms. The minimum absolute atomic E-state index is 0.0934. The predicted octanol–water partition coefficient (Wildman–Crippen LogP) is 4.56. The Morgan fingerprint density at radius 1 is 1.12 bits per heavy atom. The summed E-state index contributed by atoms with van der Waals surface area (Å²) in [5, 5.41) is 7.00. The maximum atomic E-state index is 12.2. The zero-order valence-electron chi connectivity index (χ0n) is 18.7. The van der Waals surface area contributed by atoms with E-state index < -0.39 is 30.1 Å². The van der Waals surface area contributed by atoms with Gasteiger partial charge in [-0.05, 0) is 62.9 Å². The number of alkyl halides is 3. The maximum Gasteiger partial charge on any atom is 0.573 e. The van der Waals surface area contributed by atoms with Crippen molar-refractivity contribution in [1.82, 2.24) is 9.78 Å². The molecule has 0 aliphatic rings. The number of esters is 1. The minimum Gasteiger partial charge on any atom is -0.453 e. The van der Waals surface area contributed by atoms with Crippen LogP contribution in [0.25, 0.3) is 0 Å². The number of carbonyl (C=O) groups is 2. The standard InChI is InChI=1S/C22H28F3N3O4/c1-13(2)12-28-15(4)19(14(3)27-28)10-11-20(29)31-16(5)21(30)26-17-6-8-18(9-7-17)32-22(23,24)25/h6-9,13,16H,10-12H2,1-5H3,(H,26,30). The Kier molecular flexibility index (Phi) is 8.29. The quantitative estimate of drug-likeness (QED) is 0.561. The van der Waals surface area contributed by atoms with E-state index in [1.807, 2.05) is 18.5 Å². The monoisotopic (exact) mass is 455 g/mol. The fourth-order valence-corrected chi connectivity index (χ4v) is 3.14. The van der Waals surface area contributed by atoms with Crippen molar-refractivity contribution >= 4 is 17.6 Å². The van der Waals surface area contributed by atoms with Gasteiger partial charge in [-0.1, -0.05) is 13.8 Å². The van der Waals surface area contributed by atoms with Crippen LogP contribution in [0.2, 0.25) is 0 Å². The van der Waals surface area contributed by atoms with Gasteiger partial charge in [0.05, 0.1) is 5.69 Å². The second kappa shape index (κ2) is 10.5. The number of rotatable bonds is 9. The van der Waals surface area contributed by atoms with Crippen molar-refractivity contribution < 1.29 is 32.2 Å². The number of nitrogens with one attached hydrogen (secondary N) is 1. The largest absolute Gasteiger partial charge is 0.573 e. The van der Waals surface area contributed by atoms with Crippen molar-refractivity contribution in [3.05, 3.63) is 41.2 Å². The lowest BCUT2D eigenvalue weighted by Gasteiger charge is -2.14. The Balaban J connectivity index is 1.86. The van der Waals surface area contributed by atoms with Crippen LogP contribution in [0.3, 0.4) is 0 Å². The number of halogens is 3. The van der Waals surface area contributed by atoms with Crippen LogP contribution in [0.5, 0.6) is 5.75 Å². The van der Waals surface area contributed by atoms with E-state index in [2.05, 4.69) is 29.0 Å². The summed E-state index contributed by atoms with van der Waals surface area (Å²) in [6.45, 7) is 10.3. The number of benzene rings is 1. The highest BCUT2D eigenvalue weighted by molar-refractivity contribution is 5.95. The van der Waals surface area contributed by atoms with E-state index in [0.29, 0.717) is 12.3 Å². The van der Waals surface area contributed by atoms with Crippen LogP contribution in [0.15, 0.2) is 24.3 Å². The van der Waals surface area contributed by atoms with E-state index in [0.717, 1.165) is 35.6 Å². The van der Waals surface area contributed by atoms with Gasteiger partial charge in [0.25, 0.3) is 5.91 Å². The number of aromatic nitrogens is 2. The van der Waals surface area contributed by atoms with Crippen LogP contribution < -0.4 is 10.1 Å². The summed E-state index contributed by atoms with van der Waals surface area (Å²) in [5.74, 6) is -1.09. The second-order valence-electron chi connectivity index (χ2n) is 7.92. The Morgan fingerprint density at radius 3 is 2.31 bits per heavy atom. The van der Waals surface area contributed by atoms with E-state index in [1.165, 1.54) is 19.1 Å². The molecule has 1 aromatic heterocycles. The van der Waals surface area contributed by atoms with Crippen molar-refractivity contribution in [3.63, 3.8) is 0 Å². The lowest BCUT2D eigenvalue weighted by molar-refractivity contribution is -0.274. The molecule has 1 N–H and O–H groups in total. The lowest BCUT2D eigenvalue weighted by Crippen LogP contribution is -2.30. The fraction of sp³-hybridized carbons (Fsp3) is 0.500. The Labute approximate surface area is 184 Å². The van der Waals surface area contributed by atoms with Crippen LogP contribution in [-0.4, -0.2) is 34.1 Å². The number of hydrogen-bond acceptors (Lipinski definition) is 5. The van der Waals surface area contributed by atoms with Crippen LogP contribution in [0, 0.1) is 19.8 Å². The van der Waals surface area contributed by atoms with Gasteiger partial charge < -0.3 is 14.8 Å². The smallest absolute Gasteiger partial charge is 0.453 e. The molecule has 1 amide bonds. The summed E-state index contributed by atoms with van der Waals surface area (Å²) in [5.41, 5.74) is 3.10. The summed E-state index contributed by atoms with van der Waals surface area (Å²) < 4.78 is 47.5. The SMILES string of the molecule is Cc1nn(CC(C)C)c(C)c1CCC(=O)OC(C)C(=O)Nc1ccc(OC(F)(F)F)cc1. The van der Waals surface area contributed by atoms with Gasteiger partial charge in [0.1, 0.15) is 5.75 Å². The Bertz CT molecular complexity index is 937. The minimum atomic E-state index is -4.79. The second-order valence-corrected chi connectivity index (χ2v) is 7.92. The van der Waals surface area contributed by atoms with Crippen LogP contribution >= 0.6 is 0 Å². The average molecular weight is 455 g/mol. The molecule has 0 fully saturated rings. The summed E-state index contributed by atoms with van der Waals surface area (Å²) in [4.78, 5) is 24.5. The number of nitrogens with zero attached hydrogens (tertiary/aromatic N) is 2. The zero-order valence-corrected chi connectivity index (χ0v) is 18.7. The van der Waals surface area contributed by atoms with Crippen molar-refractivity contribution in [2.45, 2.75) is 66.5 Å². The number of ether oxygens (including phenoxy) is 2. The van der Waals surface area contributed by atoms with Gasteiger partial charge >= 0.3 is 12.3 Å². The van der Waals surface area contributed by atoms with E-state index >= 15 is 0 Å². The first-order valence-electron chi connectivity index (χ1n) is 10.2. The topological polar surface area (TPSA) is 82.5 Å². The highest BCUT2D eigenvalue weighted by Gasteiger charge is 2.31. The molecule has 0 saturated carbocycles. The molecule has 2 rings (SSSR count). The van der Waals surface area contributed by atoms with Gasteiger partial charge in [-0.25, -0.2) is 0 Å². The molecule has 0 aliphatic heterocycles. The van der Waals surface area contributed by atoms with Crippen molar-refractivity contribution in [3.8, 4) is 5.75 Å². The number of amides is 1. The zero-order chi connectivity index (χ0) is 24.1. The fourth-order valence-electron chi connectivity index (χ4n) is 3.14. The molecule has 1 unspecified atom stereocenters. The van der Waals surface area contributed by atoms with Gasteiger partial charge in [0.2, 0.25) is 0 Å². The first-order valence-corrected chi connectivity index (χ1v) is 10.2. The molecule has 32 heavy (non-hydrogen) atoms. The van der Waals surface area contributed by atoms with E-state index in [1.54, 1.807) is 0 Å². The highest BCUT2D eigenvalue weighted by Crippen LogP contribution is 2.24. The number of anilines is 1. The molecule has 1 aromatic carbocycles. The molecular formula is C22H28F3N3O4. The summed E-state index contributed by atoms with van der Waals surface area (Å²) >= 11 is 0. The molecule has 0 saturated heterocycles. The molecule has 1 atom stereocenters. The summed E-state index contributed by atoms with van der Waals surface area (Å²) in [7, 11) is 0. The number of carbonyl (C=O) groups excluding carboxylic acids is 2. The van der Waals surface area contributed by atoms with E-state index in [-0.39, 0.29) is 12.1 Å². The first kappa shape index (κ1) is 25.2. The predicted molar refractivity (Wildman–Crippen MR) is 112 cm³/mol. The van der Waals surface area contributed by atoms with Gasteiger partial charge in [0, 0.05) is 24.3 Å². The van der Waals surface area contributed by atoms with Crippen LogP contribution in [0.4, 0.5) is 18.9 Å². The van der Waals surface area contributed by atoms with Crippen LogP contribution in [0.1, 0.15) is 44.1 Å². The molecule has 0 spiro atoms. The molecule has 1 heterocycles. The lowest BCUT2D eigenvalue weighted by atomic mass is 10.1. The summed E-state index contributed by atoms with van der Waals surface area (Å²) in [6, 6.07) is 4.66. The molecule has 0 radical (unpaired) electrons. The molecule has 0 aliphatic carbocycles. The third-order valence-corrected chi connectivity index (χ3v) is 4.68. The normalized spacial score (nSPS) is 12.5. The maximum absolute atomic E-state index is 12.2. The van der Waals surface area contributed by atoms with Gasteiger partial charge in [0.15, 0.2) is 6.10 Å². The van der Waals surface area contributed by atoms with E-state index in [4.69, 9.17) is 4.74 Å². The average Bonchev–Trinajstić information content (AvgIpc) is 2.92. The number of aryl methyl sites for hydroxylation is 1. The molecule has 7 nitrogen and oxygen atoms in total. The van der Waals surface area contributed by atoms with Crippen molar-refractivity contribution in [1.29, 1.82) is 0 Å². The van der Waals surface area contributed by atoms with Gasteiger partial charge in [-0.2, -0.15) is 5.10 Å². The van der Waals surface area contributed by atoms with Gasteiger partial charge in [-0.15, -0.1) is 13.2 Å². The van der Waals surface area contributed by atoms with Crippen molar-refractivity contribution in [2.24, 2.45) is 5.92 Å². The first-order chi connectivity index (χ1) is 14.9. The molecular weight excluding hydrogens is 427 g/mol. The third-order valence-electron chi connectivity index (χ3n) is 4.68. The molecule has 2 aromatic rings. The van der Waals surface area contributed by atoms with E-state index in [9.17, 15) is 22.8 Å². The molecule has 176 valence electrons. The van der Waals surface area contributed by atoms with Gasteiger partial charge in [-0.3, -0.25) is 14.3 Å². The number of hydrogen-bond donors (Lipinski definition) is 1.